The van der Waals surface area contributed by atoms with Gasteiger partial charge in [0, 0.05) is 17.8 Å². The fourth-order valence-corrected chi connectivity index (χ4v) is 3.72. The van der Waals surface area contributed by atoms with Crippen molar-refractivity contribution < 1.29 is 0 Å². The number of piperidine rings is 1. The minimum absolute atomic E-state index is 0.686. The van der Waals surface area contributed by atoms with Gasteiger partial charge in [-0.1, -0.05) is 13.8 Å². The fourth-order valence-electron chi connectivity index (χ4n) is 2.99. The van der Waals surface area contributed by atoms with Gasteiger partial charge in [-0.05, 0) is 64.4 Å². The first-order valence-corrected chi connectivity index (χ1v) is 9.07. The standard InChI is InChI=1S/C15H32N2S/c1-5-9-17-10-7-14(8-11-17)13(3)16-15(6-2)12-18-4/h13-16H,5-12H2,1-4H3. The topological polar surface area (TPSA) is 15.3 Å². The molecule has 0 amide bonds. The molecule has 18 heavy (non-hydrogen) atoms. The van der Waals surface area contributed by atoms with E-state index in [4.69, 9.17) is 0 Å². The van der Waals surface area contributed by atoms with Gasteiger partial charge in [-0.25, -0.2) is 0 Å². The van der Waals surface area contributed by atoms with Crippen LogP contribution in [-0.4, -0.2) is 48.6 Å². The Balaban J connectivity index is 2.28. The molecule has 2 atom stereocenters. The molecule has 1 saturated heterocycles. The molecule has 0 aromatic carbocycles. The Kier molecular flexibility index (Phi) is 8.36. The zero-order chi connectivity index (χ0) is 13.4. The van der Waals surface area contributed by atoms with Crippen LogP contribution in [0.4, 0.5) is 0 Å². The van der Waals surface area contributed by atoms with Crippen molar-refractivity contribution in [2.24, 2.45) is 5.92 Å². The second-order valence-electron chi connectivity index (χ2n) is 5.69. The van der Waals surface area contributed by atoms with Gasteiger partial charge in [0.2, 0.25) is 0 Å². The lowest BCUT2D eigenvalue weighted by molar-refractivity contribution is 0.159. The fraction of sp³-hybridized carbons (Fsp3) is 1.00. The van der Waals surface area contributed by atoms with Crippen LogP contribution in [0.15, 0.2) is 0 Å². The summed E-state index contributed by atoms with van der Waals surface area (Å²) in [6.07, 6.45) is 7.51. The minimum atomic E-state index is 0.686. The van der Waals surface area contributed by atoms with Gasteiger partial charge in [0.15, 0.2) is 0 Å². The molecule has 0 aromatic heterocycles. The molecule has 1 fully saturated rings. The first-order valence-electron chi connectivity index (χ1n) is 7.68. The van der Waals surface area contributed by atoms with Crippen LogP contribution in [0.25, 0.3) is 0 Å². The van der Waals surface area contributed by atoms with Crippen LogP contribution < -0.4 is 5.32 Å². The largest absolute Gasteiger partial charge is 0.310 e. The van der Waals surface area contributed by atoms with Gasteiger partial charge in [0.25, 0.3) is 0 Å². The maximum atomic E-state index is 3.84. The molecule has 1 aliphatic rings. The third kappa shape index (κ3) is 5.50. The van der Waals surface area contributed by atoms with Gasteiger partial charge >= 0.3 is 0 Å². The zero-order valence-corrected chi connectivity index (χ0v) is 13.6. The summed E-state index contributed by atoms with van der Waals surface area (Å²) in [5.74, 6) is 2.13. The van der Waals surface area contributed by atoms with Crippen molar-refractivity contribution in [1.29, 1.82) is 0 Å². The van der Waals surface area contributed by atoms with Crippen molar-refractivity contribution in [3.8, 4) is 0 Å². The zero-order valence-electron chi connectivity index (χ0n) is 12.7. The van der Waals surface area contributed by atoms with Crippen molar-refractivity contribution in [2.45, 2.75) is 58.5 Å². The highest BCUT2D eigenvalue weighted by Crippen LogP contribution is 2.21. The number of hydrogen-bond donors (Lipinski definition) is 1. The first-order chi connectivity index (χ1) is 8.71. The van der Waals surface area contributed by atoms with E-state index in [2.05, 4.69) is 37.2 Å². The van der Waals surface area contributed by atoms with E-state index in [1.165, 1.54) is 51.1 Å². The number of hydrogen-bond acceptors (Lipinski definition) is 3. The van der Waals surface area contributed by atoms with E-state index in [9.17, 15) is 0 Å². The maximum Gasteiger partial charge on any atom is 0.0158 e. The summed E-state index contributed by atoms with van der Waals surface area (Å²) in [5, 5.41) is 3.84. The van der Waals surface area contributed by atoms with Crippen molar-refractivity contribution in [2.75, 3.05) is 31.6 Å². The molecule has 2 nitrogen and oxygen atoms in total. The highest BCUT2D eigenvalue weighted by atomic mass is 32.2. The summed E-state index contributed by atoms with van der Waals surface area (Å²) in [6.45, 7) is 10.9. The third-order valence-corrected chi connectivity index (χ3v) is 4.97. The van der Waals surface area contributed by atoms with Crippen LogP contribution in [0.2, 0.25) is 0 Å². The summed E-state index contributed by atoms with van der Waals surface area (Å²) < 4.78 is 0. The summed E-state index contributed by atoms with van der Waals surface area (Å²) >= 11 is 1.96. The van der Waals surface area contributed by atoms with Crippen LogP contribution in [0.5, 0.6) is 0 Å². The molecular formula is C15H32N2S. The lowest BCUT2D eigenvalue weighted by Gasteiger charge is -2.36. The number of rotatable bonds is 8. The summed E-state index contributed by atoms with van der Waals surface area (Å²) in [5.41, 5.74) is 0. The van der Waals surface area contributed by atoms with Crippen molar-refractivity contribution >= 4 is 11.8 Å². The molecule has 2 unspecified atom stereocenters. The Hall–Kier alpha value is 0.270. The predicted molar refractivity (Wildman–Crippen MR) is 84.5 cm³/mol. The van der Waals surface area contributed by atoms with E-state index in [1.54, 1.807) is 0 Å². The molecule has 3 heteroatoms. The number of nitrogens with zero attached hydrogens (tertiary/aromatic N) is 1. The predicted octanol–water partition coefficient (Wildman–Crippen LogP) is 3.23. The Bertz CT molecular complexity index is 203. The van der Waals surface area contributed by atoms with E-state index in [0.717, 1.165) is 5.92 Å². The second-order valence-corrected chi connectivity index (χ2v) is 6.61. The Morgan fingerprint density at radius 3 is 2.44 bits per heavy atom. The Morgan fingerprint density at radius 2 is 1.94 bits per heavy atom. The van der Waals surface area contributed by atoms with Crippen LogP contribution in [0.1, 0.15) is 46.5 Å². The Labute approximate surface area is 118 Å². The van der Waals surface area contributed by atoms with E-state index in [1.807, 2.05) is 11.8 Å². The van der Waals surface area contributed by atoms with Crippen LogP contribution in [-0.2, 0) is 0 Å². The number of likely N-dealkylation sites (tertiary alicyclic amines) is 1. The monoisotopic (exact) mass is 272 g/mol. The summed E-state index contributed by atoms with van der Waals surface area (Å²) in [7, 11) is 0. The van der Waals surface area contributed by atoms with Crippen LogP contribution >= 0.6 is 11.8 Å². The molecular weight excluding hydrogens is 240 g/mol. The number of nitrogens with one attached hydrogen (secondary N) is 1. The quantitative estimate of drug-likeness (QED) is 0.730. The number of thioether (sulfide) groups is 1. The molecule has 0 radical (unpaired) electrons. The Morgan fingerprint density at radius 1 is 1.28 bits per heavy atom. The van der Waals surface area contributed by atoms with E-state index in [-0.39, 0.29) is 0 Å². The normalized spacial score (nSPS) is 22.0. The molecule has 0 saturated carbocycles. The molecule has 1 rings (SSSR count). The lowest BCUT2D eigenvalue weighted by Crippen LogP contribution is -2.46. The van der Waals surface area contributed by atoms with Crippen LogP contribution in [0, 0.1) is 5.92 Å². The van der Waals surface area contributed by atoms with E-state index < -0.39 is 0 Å². The van der Waals surface area contributed by atoms with Gasteiger partial charge in [0.1, 0.15) is 0 Å². The van der Waals surface area contributed by atoms with Crippen molar-refractivity contribution in [3.63, 3.8) is 0 Å². The highest BCUT2D eigenvalue weighted by Gasteiger charge is 2.24. The van der Waals surface area contributed by atoms with Crippen molar-refractivity contribution in [3.05, 3.63) is 0 Å². The van der Waals surface area contributed by atoms with Crippen LogP contribution in [0.3, 0.4) is 0 Å². The lowest BCUT2D eigenvalue weighted by atomic mass is 9.89. The SMILES string of the molecule is CCCN1CCC(C(C)NC(CC)CSC)CC1. The third-order valence-electron chi connectivity index (χ3n) is 4.24. The second kappa shape index (κ2) is 9.22. The molecule has 1 N–H and O–H groups in total. The van der Waals surface area contributed by atoms with Gasteiger partial charge in [-0.15, -0.1) is 0 Å². The summed E-state index contributed by atoms with van der Waals surface area (Å²) in [6, 6.07) is 1.38. The summed E-state index contributed by atoms with van der Waals surface area (Å²) in [4.78, 5) is 2.63. The minimum Gasteiger partial charge on any atom is -0.310 e. The molecule has 0 aromatic rings. The van der Waals surface area contributed by atoms with E-state index >= 15 is 0 Å². The molecule has 1 heterocycles. The van der Waals surface area contributed by atoms with Crippen molar-refractivity contribution in [1.82, 2.24) is 10.2 Å². The first kappa shape index (κ1) is 16.3. The molecule has 1 aliphatic heterocycles. The smallest absolute Gasteiger partial charge is 0.0158 e. The average molecular weight is 273 g/mol. The van der Waals surface area contributed by atoms with Gasteiger partial charge < -0.3 is 10.2 Å². The van der Waals surface area contributed by atoms with Gasteiger partial charge in [-0.2, -0.15) is 11.8 Å². The average Bonchev–Trinajstić information content (AvgIpc) is 2.39. The van der Waals surface area contributed by atoms with E-state index in [0.29, 0.717) is 12.1 Å². The van der Waals surface area contributed by atoms with Gasteiger partial charge in [0.05, 0.1) is 0 Å². The maximum absolute atomic E-state index is 3.84. The molecule has 0 spiro atoms. The molecule has 108 valence electrons. The molecule has 0 bridgehead atoms. The highest BCUT2D eigenvalue weighted by molar-refractivity contribution is 7.98. The van der Waals surface area contributed by atoms with Gasteiger partial charge in [-0.3, -0.25) is 0 Å². The molecule has 0 aliphatic carbocycles.